The summed E-state index contributed by atoms with van der Waals surface area (Å²) in [6.07, 6.45) is 0. The first-order valence-corrected chi connectivity index (χ1v) is 14.8. The maximum Gasteiger partial charge on any atom is 0.339 e. The quantitative estimate of drug-likeness (QED) is 0.116. The van der Waals surface area contributed by atoms with E-state index in [0.29, 0.717) is 22.4 Å². The van der Waals surface area contributed by atoms with Gasteiger partial charge in [0.05, 0.1) is 23.6 Å². The predicted molar refractivity (Wildman–Crippen MR) is 175 cm³/mol. The van der Waals surface area contributed by atoms with Crippen molar-refractivity contribution in [3.05, 3.63) is 148 Å². The van der Waals surface area contributed by atoms with E-state index in [2.05, 4.69) is 0 Å². The number of rotatable bonds is 6. The molecule has 1 amide bonds. The Balaban J connectivity index is 1.82. The molecule has 0 radical (unpaired) electrons. The number of benzene rings is 4. The number of nitrogens with zero attached hydrogens (tertiary/aromatic N) is 2. The highest BCUT2D eigenvalue weighted by atomic mass is 16.5. The largest absolute Gasteiger partial charge is 0.507 e. The summed E-state index contributed by atoms with van der Waals surface area (Å²) in [6, 6.07) is 30.7. The number of aryl methyl sites for hydroxylation is 3. The number of aliphatic hydroxyl groups excluding tert-OH is 1. The van der Waals surface area contributed by atoms with E-state index >= 15 is 0 Å². The number of aliphatic imine (C=N–C) groups is 1. The molecule has 2 aliphatic heterocycles. The van der Waals surface area contributed by atoms with Gasteiger partial charge in [-0.05, 0) is 45.4 Å². The van der Waals surface area contributed by atoms with Crippen LogP contribution in [0.5, 0.6) is 0 Å². The number of hydrogen-bond donors (Lipinski definition) is 1. The van der Waals surface area contributed by atoms with Crippen LogP contribution in [0.3, 0.4) is 0 Å². The van der Waals surface area contributed by atoms with Crippen molar-refractivity contribution in [2.45, 2.75) is 33.2 Å². The number of hydrogen-bond acceptors (Lipinski definition) is 6. The topological polar surface area (TPSA) is 96.3 Å². The summed E-state index contributed by atoms with van der Waals surface area (Å²) in [6.45, 7) is 7.50. The van der Waals surface area contributed by atoms with Crippen LogP contribution < -0.4 is 4.90 Å². The molecule has 1 unspecified atom stereocenters. The van der Waals surface area contributed by atoms with Crippen LogP contribution in [0.4, 0.5) is 5.69 Å². The van der Waals surface area contributed by atoms with Crippen LogP contribution in [0.2, 0.25) is 0 Å². The summed E-state index contributed by atoms with van der Waals surface area (Å²) < 4.78 is 5.67. The number of ether oxygens (including phenoxy) is 1. The first kappa shape index (κ1) is 29.5. The van der Waals surface area contributed by atoms with Gasteiger partial charge in [-0.3, -0.25) is 14.5 Å². The molecule has 0 aromatic heterocycles. The van der Waals surface area contributed by atoms with E-state index < -0.39 is 29.0 Å². The van der Waals surface area contributed by atoms with Gasteiger partial charge in [0.15, 0.2) is 5.54 Å². The van der Waals surface area contributed by atoms with Crippen LogP contribution in [0.1, 0.15) is 40.3 Å². The Morgan fingerprint density at radius 1 is 0.778 bits per heavy atom. The lowest BCUT2D eigenvalue weighted by atomic mass is 9.75. The minimum Gasteiger partial charge on any atom is -0.507 e. The van der Waals surface area contributed by atoms with Crippen molar-refractivity contribution in [1.29, 1.82) is 0 Å². The standard InChI is InChI=1S/C38H32N2O5/c1-5-45-37(44)30-32(26-9-7-6-8-10-26)39-35(28-19-13-24(3)14-20-28)38(30)31(33(41)27-17-11-23(2)12-18-27)34(42)36(43)40(38)29-21-15-25(4)16-22-29/h6-22,41H,5H2,1-4H3/b33-31+. The SMILES string of the molecule is CCOC(=O)C1=C(c2ccccc2)N=C(c2ccc(C)cc2)C12/C(=C(/O)c1ccc(C)cc1)C(=O)C(=O)N2c1ccc(C)cc1. The molecule has 4 aromatic carbocycles. The number of esters is 1. The van der Waals surface area contributed by atoms with Crippen LogP contribution in [0, 0.1) is 20.8 Å². The lowest BCUT2D eigenvalue weighted by Crippen LogP contribution is -2.55. The van der Waals surface area contributed by atoms with E-state index in [1.165, 1.54) is 4.90 Å². The molecule has 1 fully saturated rings. The molecule has 0 aliphatic carbocycles. The average Bonchev–Trinajstić information content (AvgIpc) is 3.50. The lowest BCUT2D eigenvalue weighted by molar-refractivity contribution is -0.138. The van der Waals surface area contributed by atoms with E-state index in [4.69, 9.17) is 9.73 Å². The van der Waals surface area contributed by atoms with Crippen molar-refractivity contribution in [3.8, 4) is 0 Å². The third-order valence-corrected chi connectivity index (χ3v) is 8.19. The fourth-order valence-corrected chi connectivity index (χ4v) is 6.01. The first-order valence-electron chi connectivity index (χ1n) is 14.8. The Hall–Kier alpha value is -5.56. The summed E-state index contributed by atoms with van der Waals surface area (Å²) in [4.78, 5) is 49.4. The fourth-order valence-electron chi connectivity index (χ4n) is 6.01. The Kier molecular flexibility index (Phi) is 7.54. The van der Waals surface area contributed by atoms with E-state index in [1.54, 1.807) is 43.3 Å². The fraction of sp³-hybridized carbons (Fsp3) is 0.158. The third-order valence-electron chi connectivity index (χ3n) is 8.19. The number of ketones is 1. The molecule has 1 spiro atoms. The first-order chi connectivity index (χ1) is 21.7. The van der Waals surface area contributed by atoms with Gasteiger partial charge in [0.1, 0.15) is 11.3 Å². The Morgan fingerprint density at radius 3 is 1.91 bits per heavy atom. The summed E-state index contributed by atoms with van der Waals surface area (Å²) in [7, 11) is 0. The van der Waals surface area contributed by atoms with E-state index in [9.17, 15) is 19.5 Å². The average molecular weight is 597 g/mol. The second-order valence-electron chi connectivity index (χ2n) is 11.2. The Labute approximate surface area is 261 Å². The summed E-state index contributed by atoms with van der Waals surface area (Å²) in [5.41, 5.74) is 2.96. The number of aliphatic hydroxyl groups is 1. The lowest BCUT2D eigenvalue weighted by Gasteiger charge is -2.38. The molecule has 45 heavy (non-hydrogen) atoms. The maximum absolute atomic E-state index is 14.4. The number of carbonyl (C=O) groups excluding carboxylic acids is 3. The van der Waals surface area contributed by atoms with Gasteiger partial charge in [-0.1, -0.05) is 108 Å². The van der Waals surface area contributed by atoms with Gasteiger partial charge >= 0.3 is 11.9 Å². The number of Topliss-reactive ketones (excluding diaryl/α,β-unsaturated/α-hetero) is 1. The molecule has 7 nitrogen and oxygen atoms in total. The number of amides is 1. The summed E-state index contributed by atoms with van der Waals surface area (Å²) >= 11 is 0. The van der Waals surface area contributed by atoms with E-state index in [1.807, 2.05) is 87.5 Å². The van der Waals surface area contributed by atoms with E-state index in [-0.39, 0.29) is 29.2 Å². The maximum atomic E-state index is 14.4. The van der Waals surface area contributed by atoms with Crippen LogP contribution in [0.15, 0.2) is 119 Å². The molecule has 1 N–H and O–H groups in total. The number of anilines is 1. The van der Waals surface area contributed by atoms with Crippen molar-refractivity contribution in [2.24, 2.45) is 4.99 Å². The second kappa shape index (κ2) is 11.5. The highest BCUT2D eigenvalue weighted by Gasteiger charge is 2.67. The van der Waals surface area contributed by atoms with Gasteiger partial charge in [0.25, 0.3) is 5.78 Å². The van der Waals surface area contributed by atoms with Crippen molar-refractivity contribution in [3.63, 3.8) is 0 Å². The highest BCUT2D eigenvalue weighted by Crippen LogP contribution is 2.53. The second-order valence-corrected chi connectivity index (χ2v) is 11.2. The molecule has 4 aromatic rings. The van der Waals surface area contributed by atoms with Gasteiger partial charge in [-0.2, -0.15) is 0 Å². The van der Waals surface area contributed by atoms with Gasteiger partial charge in [-0.15, -0.1) is 0 Å². The molecule has 2 aliphatic rings. The van der Waals surface area contributed by atoms with Crippen molar-refractivity contribution >= 4 is 40.5 Å². The monoisotopic (exact) mass is 596 g/mol. The van der Waals surface area contributed by atoms with Crippen molar-refractivity contribution in [1.82, 2.24) is 0 Å². The van der Waals surface area contributed by atoms with Crippen LogP contribution in [-0.4, -0.2) is 40.6 Å². The zero-order chi connectivity index (χ0) is 31.9. The molecule has 2 heterocycles. The number of carbonyl (C=O) groups is 3. The van der Waals surface area contributed by atoms with Crippen molar-refractivity contribution in [2.75, 3.05) is 11.5 Å². The summed E-state index contributed by atoms with van der Waals surface area (Å²) in [5.74, 6) is -3.01. The zero-order valence-corrected chi connectivity index (χ0v) is 25.5. The van der Waals surface area contributed by atoms with Crippen LogP contribution >= 0.6 is 0 Å². The molecule has 1 saturated heterocycles. The van der Waals surface area contributed by atoms with E-state index in [0.717, 1.165) is 16.7 Å². The zero-order valence-electron chi connectivity index (χ0n) is 25.5. The molecular weight excluding hydrogens is 564 g/mol. The summed E-state index contributed by atoms with van der Waals surface area (Å²) in [5, 5.41) is 12.1. The minimum absolute atomic E-state index is 0.0282. The van der Waals surface area contributed by atoms with Crippen LogP contribution in [-0.2, 0) is 19.1 Å². The molecular formula is C38H32N2O5. The smallest absolute Gasteiger partial charge is 0.339 e. The molecule has 1 atom stereocenters. The predicted octanol–water partition coefficient (Wildman–Crippen LogP) is 6.71. The minimum atomic E-state index is -1.97. The Bertz CT molecular complexity index is 1920. The van der Waals surface area contributed by atoms with Gasteiger partial charge in [0.2, 0.25) is 0 Å². The van der Waals surface area contributed by atoms with Gasteiger partial charge in [0, 0.05) is 16.8 Å². The van der Waals surface area contributed by atoms with Gasteiger partial charge in [-0.25, -0.2) is 9.79 Å². The van der Waals surface area contributed by atoms with Gasteiger partial charge < -0.3 is 9.84 Å². The van der Waals surface area contributed by atoms with Crippen molar-refractivity contribution < 1.29 is 24.2 Å². The molecule has 224 valence electrons. The normalized spacial score (nSPS) is 18.9. The molecule has 7 heteroatoms. The molecule has 6 rings (SSSR count). The Morgan fingerprint density at radius 2 is 1.33 bits per heavy atom. The van der Waals surface area contributed by atoms with Crippen LogP contribution in [0.25, 0.3) is 11.5 Å². The molecule has 0 bridgehead atoms. The molecule has 0 saturated carbocycles. The third kappa shape index (κ3) is 4.77. The highest BCUT2D eigenvalue weighted by molar-refractivity contribution is 6.57.